The van der Waals surface area contributed by atoms with Gasteiger partial charge in [-0.1, -0.05) is 26.0 Å². The zero-order chi connectivity index (χ0) is 81.0. The highest BCUT2D eigenvalue weighted by Gasteiger charge is 2.26. The van der Waals surface area contributed by atoms with Crippen LogP contribution >= 0.6 is 0 Å². The van der Waals surface area contributed by atoms with Gasteiger partial charge in [-0.25, -0.2) is 0 Å². The molecule has 0 saturated carbocycles. The lowest BCUT2D eigenvalue weighted by Crippen LogP contribution is -2.43. The lowest BCUT2D eigenvalue weighted by molar-refractivity contribution is -0.121. The Morgan fingerprint density at radius 3 is 1.03 bits per heavy atom. The molecule has 4 aliphatic heterocycles. The molecule has 28 heteroatoms. The van der Waals surface area contributed by atoms with Crippen molar-refractivity contribution >= 4 is 80.8 Å². The summed E-state index contributed by atoms with van der Waals surface area (Å²) >= 11 is 0. The van der Waals surface area contributed by atoms with Crippen molar-refractivity contribution < 1.29 is 76.3 Å². The molecule has 12 rings (SSSR count). The van der Waals surface area contributed by atoms with Crippen LogP contribution in [0.4, 0.5) is 0 Å². The first-order valence-electron chi connectivity index (χ1n) is 38.1. The third-order valence-electron chi connectivity index (χ3n) is 21.4. The van der Waals surface area contributed by atoms with Crippen molar-refractivity contribution in [2.24, 2.45) is 0 Å². The molecule has 4 aromatic heterocycles. The monoisotopic (exact) mass is 1540 g/mol. The molecular formula is C84H104N8O20. The Morgan fingerprint density at radius 1 is 0.429 bits per heavy atom. The number of allylic oxidation sites excluding steroid dienone is 2. The Balaban J connectivity index is 0.000000172. The zero-order valence-electron chi connectivity index (χ0n) is 65.4. The van der Waals surface area contributed by atoms with Crippen molar-refractivity contribution in [1.82, 2.24) is 40.0 Å². The number of methoxy groups -OCH3 is 2. The maximum atomic E-state index is 13.1. The summed E-state index contributed by atoms with van der Waals surface area (Å²) in [6.45, 7) is 30.0. The third-order valence-corrected chi connectivity index (χ3v) is 21.4. The molecule has 0 bridgehead atoms. The molecule has 0 unspecified atom stereocenters. The second kappa shape index (κ2) is 39.8. The molecule has 4 saturated heterocycles. The van der Waals surface area contributed by atoms with Gasteiger partial charge in [-0.15, -0.1) is 0 Å². The molecule has 2 amide bonds. The van der Waals surface area contributed by atoms with Crippen molar-refractivity contribution in [1.29, 1.82) is 0 Å². The lowest BCUT2D eigenvalue weighted by Gasteiger charge is -2.35. The number of rotatable bonds is 26. The number of likely N-dealkylation sites (N-methyl/N-ethyl adjacent to an activating group) is 2. The second-order valence-corrected chi connectivity index (χ2v) is 28.7. The number of aryl methyl sites for hydroxylation is 4. The third kappa shape index (κ3) is 20.6. The summed E-state index contributed by atoms with van der Waals surface area (Å²) in [6.07, 6.45) is 12.5. The Morgan fingerprint density at radius 2 is 0.723 bits per heavy atom. The predicted molar refractivity (Wildman–Crippen MR) is 427 cm³/mol. The SMILES string of the molecule is C=C(CCc1c(C)oc2c(C=O)c(O)c(OC)cc2c1=O)N1CCN(C)CC1.C=C(CCc1c(C)oc2c(C=O)c(O)ccc2c1=O)N1CCN(C)CC1.COc1cc2c(=O)c(CCC(=O)NCCN3CCCCC3)c(C)oc2c(C=O)c1O.Cc1oc2c(C=O)c(O)ccc2c(=O)c1CCC(=O)NCCN1CCCCC1. The second-order valence-electron chi connectivity index (χ2n) is 28.7. The van der Waals surface area contributed by atoms with Gasteiger partial charge < -0.3 is 87.6 Å². The maximum absolute atomic E-state index is 13.1. The van der Waals surface area contributed by atoms with E-state index < -0.39 is 0 Å². The molecule has 0 spiro atoms. The van der Waals surface area contributed by atoms with Gasteiger partial charge >= 0.3 is 0 Å². The quantitative estimate of drug-likeness (QED) is 0.0275. The first-order valence-corrected chi connectivity index (χ1v) is 38.1. The van der Waals surface area contributed by atoms with E-state index in [-0.39, 0.29) is 154 Å². The molecule has 112 heavy (non-hydrogen) atoms. The number of benzene rings is 4. The lowest BCUT2D eigenvalue weighted by atomic mass is 10.0. The fourth-order valence-electron chi connectivity index (χ4n) is 14.5. The van der Waals surface area contributed by atoms with Crippen molar-refractivity contribution in [3.8, 4) is 34.5 Å². The number of phenols is 4. The number of nitrogens with zero attached hydrogens (tertiary/aromatic N) is 6. The van der Waals surface area contributed by atoms with Gasteiger partial charge in [0, 0.05) is 125 Å². The van der Waals surface area contributed by atoms with Gasteiger partial charge in [0.05, 0.1) is 46.9 Å². The number of hydrogen-bond acceptors (Lipinski definition) is 26. The van der Waals surface area contributed by atoms with Gasteiger partial charge in [-0.2, -0.15) is 0 Å². The van der Waals surface area contributed by atoms with Crippen molar-refractivity contribution in [2.75, 3.05) is 133 Å². The molecule has 8 aromatic rings. The molecule has 4 aromatic carbocycles. The number of nitrogens with one attached hydrogen (secondary N) is 2. The van der Waals surface area contributed by atoms with Crippen LogP contribution in [0.15, 0.2) is 97.8 Å². The van der Waals surface area contributed by atoms with Crippen LogP contribution in [-0.4, -0.2) is 220 Å². The molecular weight excluding hydrogens is 1440 g/mol. The number of piperazine rings is 2. The molecule has 6 N–H and O–H groups in total. The molecule has 0 atom stereocenters. The average molecular weight is 1550 g/mol. The number of aldehydes is 4. The van der Waals surface area contributed by atoms with E-state index in [1.165, 1.54) is 89.1 Å². The van der Waals surface area contributed by atoms with E-state index in [1.54, 1.807) is 27.7 Å². The van der Waals surface area contributed by atoms with E-state index in [2.05, 4.69) is 67.3 Å². The van der Waals surface area contributed by atoms with Crippen molar-refractivity contribution in [3.63, 3.8) is 0 Å². The predicted octanol–water partition coefficient (Wildman–Crippen LogP) is 8.95. The van der Waals surface area contributed by atoms with Gasteiger partial charge in [0.1, 0.15) is 45.7 Å². The van der Waals surface area contributed by atoms with Gasteiger partial charge in [-0.3, -0.25) is 47.9 Å². The summed E-state index contributed by atoms with van der Waals surface area (Å²) in [6, 6.07) is 8.36. The largest absolute Gasteiger partial charge is 0.507 e. The highest BCUT2D eigenvalue weighted by molar-refractivity contribution is 6.01. The Bertz CT molecular complexity index is 5050. The van der Waals surface area contributed by atoms with Crippen LogP contribution in [0.2, 0.25) is 0 Å². The molecule has 0 aliphatic carbocycles. The summed E-state index contributed by atoms with van der Waals surface area (Å²) in [4.78, 5) is 135. The summed E-state index contributed by atoms with van der Waals surface area (Å²) < 4.78 is 33.0. The smallest absolute Gasteiger partial charge is 0.220 e. The van der Waals surface area contributed by atoms with Crippen LogP contribution in [0.5, 0.6) is 34.5 Å². The summed E-state index contributed by atoms with van der Waals surface area (Å²) in [5.41, 5.74) is 3.05. The first kappa shape index (κ1) is 85.1. The maximum Gasteiger partial charge on any atom is 0.220 e. The topological polar surface area (TPSA) is 366 Å². The number of aromatic hydroxyl groups is 4. The standard InChI is InChI=1S/C22H28N2O6.2C21H26N2O5.C20H24N2O4/c1-14-15(6-7-19(26)23-8-11-24-9-4-3-5-10-24)20(27)16-12-18(29-2)21(28)17(13-25)22(16)30-14;1-13(23-9-7-22(3)8-10-23)5-6-15-14(2)28-21-16(19(15)25)11-18(27-4)20(26)17(21)12-24;1-14-15(6-8-19(26)22-9-12-23-10-3-2-4-11-23)20(27)16-5-7-18(25)17(13-24)21(16)28-14;1-13(22-10-8-21(3)9-11-22)4-5-15-14(2)26-20-16(19(15)25)6-7-18(24)17(20)12-23/h12-13,28H,3-11H2,1-2H3,(H,23,26);11-12,26H,1,5-10H2,2-4H3;5,7,13,25H,2-4,6,8-12H2,1H3,(H,22,26);6-7,12,24H,1,4-5,8-11H2,2-3H3. The number of amides is 2. The molecule has 600 valence electrons. The van der Waals surface area contributed by atoms with Gasteiger partial charge in [-0.05, 0) is 169 Å². The first-order chi connectivity index (χ1) is 53.7. The summed E-state index contributed by atoms with van der Waals surface area (Å²) in [7, 11) is 6.91. The normalized spacial score (nSPS) is 15.0. The number of hydrogen-bond donors (Lipinski definition) is 6. The highest BCUT2D eigenvalue weighted by atomic mass is 16.5. The Labute approximate surface area is 648 Å². The van der Waals surface area contributed by atoms with E-state index >= 15 is 0 Å². The van der Waals surface area contributed by atoms with Crippen molar-refractivity contribution in [2.45, 2.75) is 118 Å². The van der Waals surface area contributed by atoms with Gasteiger partial charge in [0.2, 0.25) is 11.8 Å². The molecule has 8 heterocycles. The molecule has 4 aliphatic rings. The Hall–Kier alpha value is -10.9. The average Bonchev–Trinajstić information content (AvgIpc) is 0.785. The fourth-order valence-corrected chi connectivity index (χ4v) is 14.5. The minimum absolute atomic E-state index is 0.0103. The number of piperidine rings is 2. The minimum atomic E-state index is -0.372. The van der Waals surface area contributed by atoms with Crippen LogP contribution in [0, 0.1) is 27.7 Å². The number of ether oxygens (including phenoxy) is 2. The van der Waals surface area contributed by atoms with Crippen molar-refractivity contribution in [3.05, 3.63) is 169 Å². The van der Waals surface area contributed by atoms with Gasteiger partial charge in [0.25, 0.3) is 0 Å². The minimum Gasteiger partial charge on any atom is -0.507 e. The number of likely N-dealkylation sites (tertiary alicyclic amines) is 2. The van der Waals surface area contributed by atoms with E-state index in [0.29, 0.717) is 115 Å². The van der Waals surface area contributed by atoms with Crippen LogP contribution in [0.25, 0.3) is 43.9 Å². The summed E-state index contributed by atoms with van der Waals surface area (Å²) in [5, 5.41) is 46.5. The molecule has 0 radical (unpaired) electrons. The number of carbonyl (C=O) groups is 6. The van der Waals surface area contributed by atoms with E-state index in [4.69, 9.17) is 27.1 Å². The zero-order valence-corrected chi connectivity index (χ0v) is 65.4. The molecule has 28 nitrogen and oxygen atoms in total. The number of fused-ring (bicyclic) bond motifs is 4. The number of phenolic OH excluding ortho intramolecular Hbond substituents is 4. The Kier molecular flexibility index (Phi) is 30.2. The van der Waals surface area contributed by atoms with E-state index in [1.807, 2.05) is 0 Å². The van der Waals surface area contributed by atoms with Crippen LogP contribution < -0.4 is 41.8 Å². The van der Waals surface area contributed by atoms with E-state index in [9.17, 15) is 68.4 Å². The highest BCUT2D eigenvalue weighted by Crippen LogP contribution is 2.38. The van der Waals surface area contributed by atoms with Crippen LogP contribution in [0.3, 0.4) is 0 Å². The van der Waals surface area contributed by atoms with Gasteiger partial charge in [0.15, 0.2) is 92.2 Å². The van der Waals surface area contributed by atoms with Crippen LogP contribution in [-0.2, 0) is 35.3 Å². The summed E-state index contributed by atoms with van der Waals surface area (Å²) in [5.74, 6) is 0.329. The van der Waals surface area contributed by atoms with E-state index in [0.717, 1.165) is 103 Å². The number of carbonyl (C=O) groups excluding carboxylic acids is 6. The molecule has 4 fully saturated rings. The fraction of sp³-hybridized carbons (Fsp3) is 0.452. The van der Waals surface area contributed by atoms with Crippen LogP contribution in [0.1, 0.15) is 151 Å².